The highest BCUT2D eigenvalue weighted by molar-refractivity contribution is 6.04. The molecule has 0 saturated carbocycles. The Morgan fingerprint density at radius 3 is 2.55 bits per heavy atom. The van der Waals surface area contributed by atoms with Crippen molar-refractivity contribution in [3.05, 3.63) is 71.4 Å². The molecule has 3 nitrogen and oxygen atoms in total. The molecule has 0 aliphatic heterocycles. The standard InChI is InChI=1S/C17H12N2O/c1-12-6-2-3-7-14(12)17(20)19-11-13(10-18)15-8-4-5-9-16(15)19/h2-9,11H,1H3. The van der Waals surface area contributed by atoms with E-state index in [0.717, 1.165) is 16.5 Å². The zero-order chi connectivity index (χ0) is 14.1. The monoisotopic (exact) mass is 260 g/mol. The number of rotatable bonds is 1. The number of nitrogens with zero attached hydrogens (tertiary/aromatic N) is 2. The molecule has 0 amide bonds. The molecule has 96 valence electrons. The van der Waals surface area contributed by atoms with E-state index in [4.69, 9.17) is 0 Å². The molecule has 2 aromatic carbocycles. The number of benzene rings is 2. The zero-order valence-electron chi connectivity index (χ0n) is 11.0. The van der Waals surface area contributed by atoms with Crippen molar-refractivity contribution < 1.29 is 4.79 Å². The van der Waals surface area contributed by atoms with E-state index < -0.39 is 0 Å². The third kappa shape index (κ3) is 1.79. The van der Waals surface area contributed by atoms with E-state index >= 15 is 0 Å². The van der Waals surface area contributed by atoms with Crippen molar-refractivity contribution in [3.63, 3.8) is 0 Å². The van der Waals surface area contributed by atoms with Crippen LogP contribution in [-0.2, 0) is 0 Å². The molecule has 0 fully saturated rings. The summed E-state index contributed by atoms with van der Waals surface area (Å²) >= 11 is 0. The smallest absolute Gasteiger partial charge is 0.262 e. The van der Waals surface area contributed by atoms with Crippen molar-refractivity contribution in [2.45, 2.75) is 6.92 Å². The van der Waals surface area contributed by atoms with Crippen molar-refractivity contribution >= 4 is 16.8 Å². The first-order chi connectivity index (χ1) is 9.72. The van der Waals surface area contributed by atoms with Gasteiger partial charge in [-0.15, -0.1) is 0 Å². The van der Waals surface area contributed by atoms with Crippen LogP contribution in [0.5, 0.6) is 0 Å². The Hall–Kier alpha value is -2.86. The SMILES string of the molecule is Cc1ccccc1C(=O)n1cc(C#N)c2ccccc21. The summed E-state index contributed by atoms with van der Waals surface area (Å²) in [6.45, 7) is 1.91. The van der Waals surface area contributed by atoms with Gasteiger partial charge in [0.2, 0.25) is 0 Å². The summed E-state index contributed by atoms with van der Waals surface area (Å²) in [7, 11) is 0. The van der Waals surface area contributed by atoms with Crippen molar-refractivity contribution in [1.82, 2.24) is 4.57 Å². The summed E-state index contributed by atoms with van der Waals surface area (Å²) < 4.78 is 1.55. The van der Waals surface area contributed by atoms with Gasteiger partial charge >= 0.3 is 0 Å². The molecular weight excluding hydrogens is 248 g/mol. The fraction of sp³-hybridized carbons (Fsp3) is 0.0588. The van der Waals surface area contributed by atoms with E-state index in [-0.39, 0.29) is 5.91 Å². The number of hydrogen-bond donors (Lipinski definition) is 0. The molecule has 0 unspecified atom stereocenters. The van der Waals surface area contributed by atoms with Crippen molar-refractivity contribution in [1.29, 1.82) is 5.26 Å². The van der Waals surface area contributed by atoms with Crippen LogP contribution in [0.15, 0.2) is 54.7 Å². The van der Waals surface area contributed by atoms with Crippen molar-refractivity contribution in [3.8, 4) is 6.07 Å². The summed E-state index contributed by atoms with van der Waals surface area (Å²) in [5.41, 5.74) is 2.85. The van der Waals surface area contributed by atoms with Gasteiger partial charge in [-0.25, -0.2) is 0 Å². The molecule has 0 atom stereocenters. The minimum Gasteiger partial charge on any atom is -0.282 e. The van der Waals surface area contributed by atoms with Crippen molar-refractivity contribution in [2.75, 3.05) is 0 Å². The van der Waals surface area contributed by atoms with Crippen molar-refractivity contribution in [2.24, 2.45) is 0 Å². The van der Waals surface area contributed by atoms with E-state index in [9.17, 15) is 10.1 Å². The van der Waals surface area contributed by atoms with Gasteiger partial charge in [0.15, 0.2) is 0 Å². The maximum absolute atomic E-state index is 12.7. The van der Waals surface area contributed by atoms with Crippen LogP contribution in [0.2, 0.25) is 0 Å². The van der Waals surface area contributed by atoms with Gasteiger partial charge in [0.1, 0.15) is 6.07 Å². The summed E-state index contributed by atoms with van der Waals surface area (Å²) in [5, 5.41) is 9.98. The van der Waals surface area contributed by atoms with Crippen LogP contribution in [0.25, 0.3) is 10.9 Å². The molecule has 20 heavy (non-hydrogen) atoms. The number of aromatic nitrogens is 1. The third-order valence-corrected chi connectivity index (χ3v) is 3.43. The Balaban J connectivity index is 2.24. The third-order valence-electron chi connectivity index (χ3n) is 3.43. The molecule has 3 aromatic rings. The molecule has 0 aliphatic rings. The lowest BCUT2D eigenvalue weighted by Crippen LogP contribution is -2.12. The molecule has 0 bridgehead atoms. The molecular formula is C17H12N2O. The Bertz CT molecular complexity index is 853. The van der Waals surface area contributed by atoms with E-state index in [1.807, 2.05) is 49.4 Å². The van der Waals surface area contributed by atoms with Gasteiger partial charge in [0, 0.05) is 17.1 Å². The number of hydrogen-bond acceptors (Lipinski definition) is 2. The fourth-order valence-electron chi connectivity index (χ4n) is 2.38. The van der Waals surface area contributed by atoms with Crippen LogP contribution in [-0.4, -0.2) is 10.5 Å². The van der Waals surface area contributed by atoms with Gasteiger partial charge in [-0.05, 0) is 24.6 Å². The maximum atomic E-state index is 12.7. The molecule has 3 rings (SSSR count). The summed E-state index contributed by atoms with van der Waals surface area (Å²) in [4.78, 5) is 12.7. The predicted molar refractivity (Wildman–Crippen MR) is 77.6 cm³/mol. The topological polar surface area (TPSA) is 45.8 Å². The summed E-state index contributed by atoms with van der Waals surface area (Å²) in [6, 6.07) is 17.0. The second kappa shape index (κ2) is 4.67. The maximum Gasteiger partial charge on any atom is 0.262 e. The van der Waals surface area contributed by atoms with Gasteiger partial charge in [-0.1, -0.05) is 36.4 Å². The molecule has 0 aliphatic carbocycles. The van der Waals surface area contributed by atoms with Crippen LogP contribution in [0.1, 0.15) is 21.5 Å². The molecule has 0 saturated heterocycles. The van der Waals surface area contributed by atoms with Gasteiger partial charge < -0.3 is 0 Å². The van der Waals surface area contributed by atoms with Crippen LogP contribution < -0.4 is 0 Å². The predicted octanol–water partition coefficient (Wildman–Crippen LogP) is 3.51. The minimum atomic E-state index is -0.110. The average Bonchev–Trinajstić information content (AvgIpc) is 2.86. The average molecular weight is 260 g/mol. The lowest BCUT2D eigenvalue weighted by atomic mass is 10.1. The highest BCUT2D eigenvalue weighted by Crippen LogP contribution is 2.22. The van der Waals surface area contributed by atoms with E-state index in [0.29, 0.717) is 11.1 Å². The summed E-state index contributed by atoms with van der Waals surface area (Å²) in [5.74, 6) is -0.110. The minimum absolute atomic E-state index is 0.110. The molecule has 3 heteroatoms. The normalized spacial score (nSPS) is 10.4. The van der Waals surface area contributed by atoms with Crippen LogP contribution in [0, 0.1) is 18.3 Å². The number of para-hydroxylation sites is 1. The fourth-order valence-corrected chi connectivity index (χ4v) is 2.38. The largest absolute Gasteiger partial charge is 0.282 e. The van der Waals surface area contributed by atoms with Gasteiger partial charge in [0.05, 0.1) is 11.1 Å². The van der Waals surface area contributed by atoms with Gasteiger partial charge in [-0.3, -0.25) is 9.36 Å². The first-order valence-electron chi connectivity index (χ1n) is 6.33. The molecule has 1 heterocycles. The van der Waals surface area contributed by atoms with E-state index in [2.05, 4.69) is 6.07 Å². The highest BCUT2D eigenvalue weighted by atomic mass is 16.2. The lowest BCUT2D eigenvalue weighted by Gasteiger charge is -2.06. The Morgan fingerprint density at radius 1 is 1.10 bits per heavy atom. The molecule has 1 aromatic heterocycles. The molecule has 0 radical (unpaired) electrons. The van der Waals surface area contributed by atoms with E-state index in [1.165, 1.54) is 0 Å². The number of carbonyl (C=O) groups is 1. The van der Waals surface area contributed by atoms with Crippen LogP contribution in [0.4, 0.5) is 0 Å². The molecule has 0 spiro atoms. The number of fused-ring (bicyclic) bond motifs is 1. The first-order valence-corrected chi connectivity index (χ1v) is 6.33. The highest BCUT2D eigenvalue weighted by Gasteiger charge is 2.15. The lowest BCUT2D eigenvalue weighted by molar-refractivity contribution is 0.0964. The van der Waals surface area contributed by atoms with Crippen LogP contribution in [0.3, 0.4) is 0 Å². The zero-order valence-corrected chi connectivity index (χ0v) is 11.0. The molecule has 0 N–H and O–H groups in total. The Morgan fingerprint density at radius 2 is 1.80 bits per heavy atom. The second-order valence-electron chi connectivity index (χ2n) is 4.66. The Labute approximate surface area is 116 Å². The number of aryl methyl sites for hydroxylation is 1. The summed E-state index contributed by atoms with van der Waals surface area (Å²) in [6.07, 6.45) is 1.61. The number of carbonyl (C=O) groups excluding carboxylic acids is 1. The van der Waals surface area contributed by atoms with Gasteiger partial charge in [0.25, 0.3) is 5.91 Å². The first kappa shape index (κ1) is 12.2. The quantitative estimate of drug-likeness (QED) is 0.672. The number of nitriles is 1. The Kier molecular flexibility index (Phi) is 2.85. The second-order valence-corrected chi connectivity index (χ2v) is 4.66. The van der Waals surface area contributed by atoms with Crippen LogP contribution >= 0.6 is 0 Å². The van der Waals surface area contributed by atoms with Gasteiger partial charge in [-0.2, -0.15) is 5.26 Å². The van der Waals surface area contributed by atoms with E-state index in [1.54, 1.807) is 16.8 Å².